The quantitative estimate of drug-likeness (QED) is 0.376. The molecule has 0 atom stereocenters. The van der Waals surface area contributed by atoms with Crippen LogP contribution in [0.25, 0.3) is 10.9 Å². The van der Waals surface area contributed by atoms with Crippen molar-refractivity contribution < 1.29 is 24.5 Å². The standard InChI is InChI=1S/C23H21N3O6/c24-13-14-5-10-17-18(12-14)26-23(31)20(21(17)29)22(30)25-15-6-8-16(9-7-15)32-11-3-1-2-4-19(27)28/h5-10,12H,1-4,11H2,(H,25,30)(H,27,28)(H2,26,29,31). The lowest BCUT2D eigenvalue weighted by molar-refractivity contribution is -0.137. The minimum absolute atomic E-state index is 0.144. The van der Waals surface area contributed by atoms with E-state index >= 15 is 0 Å². The third-order valence-electron chi connectivity index (χ3n) is 4.76. The number of fused-ring (bicyclic) bond motifs is 1. The lowest BCUT2D eigenvalue weighted by atomic mass is 10.1. The van der Waals surface area contributed by atoms with Gasteiger partial charge in [-0.15, -0.1) is 0 Å². The summed E-state index contributed by atoms with van der Waals surface area (Å²) in [5.74, 6) is -1.47. The van der Waals surface area contributed by atoms with Gasteiger partial charge in [0.2, 0.25) is 0 Å². The Hall–Kier alpha value is -4.32. The first-order valence-electron chi connectivity index (χ1n) is 9.94. The number of aliphatic carboxylic acids is 1. The molecule has 0 aliphatic heterocycles. The van der Waals surface area contributed by atoms with E-state index in [0.717, 1.165) is 12.8 Å². The number of rotatable bonds is 9. The van der Waals surface area contributed by atoms with E-state index in [9.17, 15) is 19.5 Å². The fourth-order valence-corrected chi connectivity index (χ4v) is 3.13. The van der Waals surface area contributed by atoms with Gasteiger partial charge in [-0.05, 0) is 61.7 Å². The zero-order valence-corrected chi connectivity index (χ0v) is 17.1. The molecule has 4 N–H and O–H groups in total. The van der Waals surface area contributed by atoms with Crippen LogP contribution in [0.1, 0.15) is 41.6 Å². The molecule has 2 aromatic carbocycles. The number of aromatic hydroxyl groups is 1. The number of aromatic nitrogens is 1. The summed E-state index contributed by atoms with van der Waals surface area (Å²) in [6.45, 7) is 0.444. The molecule has 0 unspecified atom stereocenters. The summed E-state index contributed by atoms with van der Waals surface area (Å²) in [5.41, 5.74) is -0.225. The van der Waals surface area contributed by atoms with Crippen LogP contribution in [0.5, 0.6) is 11.5 Å². The number of nitrogens with zero attached hydrogens (tertiary/aromatic N) is 1. The highest BCUT2D eigenvalue weighted by atomic mass is 16.5. The van der Waals surface area contributed by atoms with Crippen molar-refractivity contribution in [3.05, 3.63) is 63.9 Å². The summed E-state index contributed by atoms with van der Waals surface area (Å²) in [7, 11) is 0. The molecule has 1 amide bonds. The number of carbonyl (C=O) groups is 2. The molecule has 1 heterocycles. The Morgan fingerprint density at radius 2 is 1.84 bits per heavy atom. The van der Waals surface area contributed by atoms with E-state index in [0.29, 0.717) is 30.0 Å². The second kappa shape index (κ2) is 10.1. The fraction of sp³-hybridized carbons (Fsp3) is 0.217. The topological polar surface area (TPSA) is 153 Å². The van der Waals surface area contributed by atoms with Crippen LogP contribution in [-0.2, 0) is 4.79 Å². The monoisotopic (exact) mass is 435 g/mol. The van der Waals surface area contributed by atoms with Crippen LogP contribution in [-0.4, -0.2) is 33.7 Å². The van der Waals surface area contributed by atoms with E-state index in [-0.39, 0.29) is 17.3 Å². The van der Waals surface area contributed by atoms with Crippen molar-refractivity contribution in [3.63, 3.8) is 0 Å². The smallest absolute Gasteiger partial charge is 0.303 e. The highest BCUT2D eigenvalue weighted by molar-refractivity contribution is 6.09. The number of hydrogen-bond donors (Lipinski definition) is 4. The molecular weight excluding hydrogens is 414 g/mol. The van der Waals surface area contributed by atoms with Gasteiger partial charge in [0.25, 0.3) is 11.5 Å². The number of aromatic amines is 1. The van der Waals surface area contributed by atoms with Crippen molar-refractivity contribution in [3.8, 4) is 17.6 Å². The first-order valence-corrected chi connectivity index (χ1v) is 9.94. The van der Waals surface area contributed by atoms with Gasteiger partial charge >= 0.3 is 5.97 Å². The second-order valence-electron chi connectivity index (χ2n) is 7.08. The average molecular weight is 435 g/mol. The highest BCUT2D eigenvalue weighted by Gasteiger charge is 2.19. The summed E-state index contributed by atoms with van der Waals surface area (Å²) in [5, 5.41) is 30.8. The Kier molecular flexibility index (Phi) is 7.08. The van der Waals surface area contributed by atoms with E-state index in [1.54, 1.807) is 24.3 Å². The van der Waals surface area contributed by atoms with Gasteiger partial charge in [-0.25, -0.2) is 0 Å². The molecule has 164 valence electrons. The Morgan fingerprint density at radius 3 is 2.53 bits per heavy atom. The summed E-state index contributed by atoms with van der Waals surface area (Å²) in [4.78, 5) is 37.9. The summed E-state index contributed by atoms with van der Waals surface area (Å²) >= 11 is 0. The number of benzene rings is 2. The van der Waals surface area contributed by atoms with Crippen molar-refractivity contribution in [1.82, 2.24) is 4.98 Å². The number of hydrogen-bond acceptors (Lipinski definition) is 6. The number of H-pyrrole nitrogens is 1. The normalized spacial score (nSPS) is 10.5. The van der Waals surface area contributed by atoms with Gasteiger partial charge in [0.15, 0.2) is 0 Å². The number of carboxylic acid groups (broad SMARTS) is 1. The SMILES string of the molecule is N#Cc1ccc2c(O)c(C(=O)Nc3ccc(OCCCCCC(=O)O)cc3)c(=O)[nH]c2c1. The van der Waals surface area contributed by atoms with Gasteiger partial charge in [0.05, 0.1) is 23.8 Å². The average Bonchev–Trinajstić information content (AvgIpc) is 2.76. The van der Waals surface area contributed by atoms with Crippen LogP contribution in [0.2, 0.25) is 0 Å². The number of carboxylic acids is 1. The molecule has 0 bridgehead atoms. The molecule has 3 rings (SSSR count). The Bertz CT molecular complexity index is 1240. The van der Waals surface area contributed by atoms with E-state index in [2.05, 4.69) is 10.3 Å². The second-order valence-corrected chi connectivity index (χ2v) is 7.08. The Labute approximate surface area is 182 Å². The minimum Gasteiger partial charge on any atom is -0.506 e. The number of unbranched alkanes of at least 4 members (excludes halogenated alkanes) is 2. The molecule has 0 aliphatic rings. The molecule has 32 heavy (non-hydrogen) atoms. The van der Waals surface area contributed by atoms with E-state index < -0.39 is 28.7 Å². The first-order chi connectivity index (χ1) is 15.4. The Balaban J connectivity index is 1.63. The summed E-state index contributed by atoms with van der Waals surface area (Å²) in [6.07, 6.45) is 2.22. The van der Waals surface area contributed by atoms with Crippen LogP contribution in [0, 0.1) is 11.3 Å². The van der Waals surface area contributed by atoms with E-state index in [1.807, 2.05) is 6.07 Å². The molecule has 0 aliphatic carbocycles. The zero-order chi connectivity index (χ0) is 23.1. The number of ether oxygens (including phenoxy) is 1. The molecular formula is C23H21N3O6. The molecule has 0 radical (unpaired) electrons. The van der Waals surface area contributed by atoms with Crippen LogP contribution < -0.4 is 15.6 Å². The predicted octanol–water partition coefficient (Wildman–Crippen LogP) is 3.38. The zero-order valence-electron chi connectivity index (χ0n) is 17.1. The molecule has 0 saturated heterocycles. The molecule has 3 aromatic rings. The van der Waals surface area contributed by atoms with Gasteiger partial charge in [-0.2, -0.15) is 5.26 Å². The van der Waals surface area contributed by atoms with Crippen LogP contribution in [0.4, 0.5) is 5.69 Å². The van der Waals surface area contributed by atoms with E-state index in [4.69, 9.17) is 15.1 Å². The van der Waals surface area contributed by atoms with Crippen molar-refractivity contribution >= 4 is 28.5 Å². The van der Waals surface area contributed by atoms with Gasteiger partial charge in [0.1, 0.15) is 17.1 Å². The van der Waals surface area contributed by atoms with Crippen molar-refractivity contribution in [2.24, 2.45) is 0 Å². The van der Waals surface area contributed by atoms with Gasteiger partial charge < -0.3 is 25.3 Å². The number of anilines is 1. The van der Waals surface area contributed by atoms with Crippen molar-refractivity contribution in [1.29, 1.82) is 5.26 Å². The fourth-order valence-electron chi connectivity index (χ4n) is 3.13. The highest BCUT2D eigenvalue weighted by Crippen LogP contribution is 2.26. The summed E-state index contributed by atoms with van der Waals surface area (Å²) in [6, 6.07) is 12.8. The van der Waals surface area contributed by atoms with Crippen LogP contribution in [0.3, 0.4) is 0 Å². The lowest BCUT2D eigenvalue weighted by Crippen LogP contribution is -2.23. The third kappa shape index (κ3) is 5.43. The van der Waals surface area contributed by atoms with Gasteiger partial charge in [-0.1, -0.05) is 0 Å². The maximum absolute atomic E-state index is 12.6. The minimum atomic E-state index is -0.810. The molecule has 9 nitrogen and oxygen atoms in total. The molecule has 9 heteroatoms. The number of carbonyl (C=O) groups excluding carboxylic acids is 1. The maximum Gasteiger partial charge on any atom is 0.303 e. The van der Waals surface area contributed by atoms with Crippen LogP contribution in [0.15, 0.2) is 47.3 Å². The molecule has 0 spiro atoms. The molecule has 0 fully saturated rings. The maximum atomic E-state index is 12.6. The van der Waals surface area contributed by atoms with Crippen molar-refractivity contribution in [2.45, 2.75) is 25.7 Å². The van der Waals surface area contributed by atoms with Gasteiger partial charge in [0, 0.05) is 17.5 Å². The number of nitriles is 1. The Morgan fingerprint density at radius 1 is 1.09 bits per heavy atom. The lowest BCUT2D eigenvalue weighted by Gasteiger charge is -2.10. The molecule has 1 aromatic heterocycles. The largest absolute Gasteiger partial charge is 0.506 e. The number of nitrogens with one attached hydrogen (secondary N) is 2. The predicted molar refractivity (Wildman–Crippen MR) is 117 cm³/mol. The summed E-state index contributed by atoms with van der Waals surface area (Å²) < 4.78 is 5.58. The first kappa shape index (κ1) is 22.4. The van der Waals surface area contributed by atoms with Gasteiger partial charge in [-0.3, -0.25) is 14.4 Å². The van der Waals surface area contributed by atoms with Crippen molar-refractivity contribution in [2.75, 3.05) is 11.9 Å². The number of amides is 1. The molecule has 0 saturated carbocycles. The van der Waals surface area contributed by atoms with Crippen LogP contribution >= 0.6 is 0 Å². The third-order valence-corrected chi connectivity index (χ3v) is 4.76. The van der Waals surface area contributed by atoms with E-state index in [1.165, 1.54) is 18.2 Å². The number of pyridine rings is 1.